The van der Waals surface area contributed by atoms with E-state index in [-0.39, 0.29) is 52.4 Å². The Kier molecular flexibility index (Phi) is 43.2. The zero-order chi connectivity index (χ0) is 103. The fourth-order valence-electron chi connectivity index (χ4n) is 17.5. The van der Waals surface area contributed by atoms with Crippen molar-refractivity contribution in [2.45, 2.75) is 156 Å². The fourth-order valence-corrected chi connectivity index (χ4v) is 26.8. The molecule has 20 radical (unpaired) electrons. The Morgan fingerprint density at radius 1 is 0.151 bits per heavy atom. The molecule has 23 aliphatic rings. The summed E-state index contributed by atoms with van der Waals surface area (Å²) in [4.78, 5) is 0. The number of benzene rings is 12. The van der Waals surface area contributed by atoms with Crippen LogP contribution in [-0.4, -0.2) is 32.3 Å². The Hall–Kier alpha value is -8.89. The van der Waals surface area contributed by atoms with Crippen LogP contribution in [0.3, 0.4) is 0 Å². The van der Waals surface area contributed by atoms with E-state index in [0.29, 0.717) is 44.5 Å². The maximum absolute atomic E-state index is 16.6. The Morgan fingerprint density at radius 2 is 0.247 bits per heavy atom. The molecule has 24 bridgehead atoms. The molecule has 12 aromatic carbocycles. The van der Waals surface area contributed by atoms with Crippen LogP contribution in [0.5, 0.6) is 0 Å². The van der Waals surface area contributed by atoms with Crippen LogP contribution in [0.2, 0.25) is 76.6 Å². The summed E-state index contributed by atoms with van der Waals surface area (Å²) in [5, 5.41) is 0. The van der Waals surface area contributed by atoms with Gasteiger partial charge in [0.15, 0.2) is 93.1 Å². The van der Waals surface area contributed by atoms with E-state index in [1.807, 2.05) is 225 Å². The molecule has 4 saturated carbocycles. The van der Waals surface area contributed by atoms with E-state index in [9.17, 15) is 0 Å². The van der Waals surface area contributed by atoms with Gasteiger partial charge in [-0.15, -0.1) is 48.5 Å². The fraction of sp³-hybridized carbons (Fsp3) is 0.194. The van der Waals surface area contributed by atoms with Gasteiger partial charge in [-0.1, -0.05) is 301 Å². The van der Waals surface area contributed by atoms with Gasteiger partial charge in [0, 0.05) is 0 Å². The van der Waals surface area contributed by atoms with Gasteiger partial charge in [-0.05, 0) is 227 Å². The first kappa shape index (κ1) is 117. The van der Waals surface area contributed by atoms with Crippen LogP contribution in [0.15, 0.2) is 194 Å². The molecule has 740 valence electrons. The maximum atomic E-state index is 16.6. The molecule has 0 N–H and O–H groups in total. The zero-order valence-corrected chi connectivity index (χ0v) is 92.5. The van der Waals surface area contributed by atoms with Crippen molar-refractivity contribution in [3.63, 3.8) is 0 Å². The van der Waals surface area contributed by atoms with E-state index < -0.39 is 192 Å². The third-order valence-electron chi connectivity index (χ3n) is 25.5. The summed E-state index contributed by atoms with van der Waals surface area (Å²) in [6.45, 7) is 26.2. The minimum atomic E-state index is -2.33. The van der Waals surface area contributed by atoms with Gasteiger partial charge in [-0.25, -0.2) is 70.2 Å². The van der Waals surface area contributed by atoms with E-state index in [4.69, 9.17) is 0 Å². The molecule has 0 heterocycles. The predicted molar refractivity (Wildman–Crippen MR) is 568 cm³/mol. The summed E-state index contributed by atoms with van der Waals surface area (Å²) < 4.78 is 265. The van der Waals surface area contributed by atoms with Crippen molar-refractivity contribution in [2.24, 2.45) is 0 Å². The first-order valence-corrected chi connectivity index (χ1v) is 61.3. The van der Waals surface area contributed by atoms with Crippen LogP contribution in [0.4, 0.5) is 70.2 Å². The molecule has 23 aliphatic carbocycles. The van der Waals surface area contributed by atoms with Crippen molar-refractivity contribution in [1.82, 2.24) is 0 Å². The van der Waals surface area contributed by atoms with Gasteiger partial charge < -0.3 is 0 Å². The number of halogens is 16. The van der Waals surface area contributed by atoms with Crippen molar-refractivity contribution in [2.75, 3.05) is 0 Å². The molecule has 0 amide bonds. The Morgan fingerprint density at radius 3 is 0.356 bits per heavy atom. The van der Waals surface area contributed by atoms with Crippen molar-refractivity contribution >= 4 is 54.6 Å². The number of unbranched alkanes of at least 4 members (excludes halogenated alkanes) is 4. The largest absolute Gasteiger partial charge is 4.00 e. The Labute approximate surface area is 897 Å². The van der Waals surface area contributed by atoms with E-state index >= 15 is 70.2 Å². The van der Waals surface area contributed by atoms with Crippen LogP contribution < -0.4 is 0 Å². The van der Waals surface area contributed by atoms with Crippen molar-refractivity contribution in [3.8, 4) is 111 Å². The van der Waals surface area contributed by atoms with Crippen LogP contribution in [-0.2, 0) is 52.4 Å². The number of rotatable bonds is 16. The number of hydrogen-bond acceptors (Lipinski definition) is 0. The second-order valence-corrected chi connectivity index (χ2v) is 56.5. The van der Waals surface area contributed by atoms with E-state index in [1.165, 1.54) is 97.1 Å². The molecule has 12 aromatic rings. The molecule has 146 heavy (non-hydrogen) atoms. The first-order valence-electron chi connectivity index (χ1n) is 48.5. The van der Waals surface area contributed by atoms with Crippen LogP contribution in [0.1, 0.15) is 101 Å². The zero-order valence-electron chi connectivity index (χ0n) is 83.6. The predicted octanol–water partition coefficient (Wildman–Crippen LogP) is 37.3. The summed E-state index contributed by atoms with van der Waals surface area (Å²) >= 11 is 0. The van der Waals surface area contributed by atoms with E-state index in [2.05, 4.69) is 103 Å². The second kappa shape index (κ2) is 53.7. The van der Waals surface area contributed by atoms with Crippen LogP contribution in [0, 0.1) is 244 Å². The van der Waals surface area contributed by atoms with Gasteiger partial charge in [0.1, 0.15) is 0 Å². The summed E-state index contributed by atoms with van der Waals surface area (Å²) in [5.41, 5.74) is 11.8. The van der Waals surface area contributed by atoms with Gasteiger partial charge in [0.05, 0.1) is 44.5 Å². The molecular weight excluding hydrogens is 2090 g/mol. The van der Waals surface area contributed by atoms with Gasteiger partial charge in [0.25, 0.3) is 0 Å². The van der Waals surface area contributed by atoms with E-state index in [0.717, 1.165) is 120 Å². The molecule has 4 fully saturated rings. The summed E-state index contributed by atoms with van der Waals surface area (Å²) in [6.07, 6.45) is 47.5. The normalized spacial score (nSPS) is 15.3. The van der Waals surface area contributed by atoms with Crippen molar-refractivity contribution < 1.29 is 123 Å². The summed E-state index contributed by atoms with van der Waals surface area (Å²) in [6, 6.07) is 54.3. The molecule has 0 spiro atoms. The quantitative estimate of drug-likeness (QED) is 0.0391. The van der Waals surface area contributed by atoms with E-state index in [1.54, 1.807) is 0 Å². The first-order chi connectivity index (χ1) is 68.9. The molecule has 0 atom stereocenters. The third kappa shape index (κ3) is 28.7. The minimum absolute atomic E-state index is 0. The molecule has 0 aromatic heterocycles. The average Bonchev–Trinajstić information content (AvgIpc) is 0.867. The smallest absolute Gasteiger partial charge is 0.297 e. The molecule has 35 rings (SSSR count). The van der Waals surface area contributed by atoms with Gasteiger partial charge >= 0.3 is 52.4 Å². The molecule has 0 aliphatic heterocycles. The summed E-state index contributed by atoms with van der Waals surface area (Å²) in [5.74, 6) is -35.2. The average molecular weight is 2200 g/mol. The van der Waals surface area contributed by atoms with Gasteiger partial charge in [-0.2, -0.15) is 22.3 Å². The second-order valence-electron chi connectivity index (χ2n) is 38.4. The van der Waals surface area contributed by atoms with Gasteiger partial charge in [0.2, 0.25) is 0 Å². The topological polar surface area (TPSA) is 0 Å². The monoisotopic (exact) mass is 2200 g/mol. The van der Waals surface area contributed by atoms with Crippen LogP contribution in [0.25, 0.3) is 134 Å². The maximum Gasteiger partial charge on any atom is 4.00 e. The molecule has 22 heteroatoms. The Balaban J connectivity index is 0.000000822. The molecule has 0 saturated heterocycles. The molecule has 0 nitrogen and oxygen atoms in total. The third-order valence-corrected chi connectivity index (χ3v) is 35.6. The van der Waals surface area contributed by atoms with Crippen molar-refractivity contribution in [1.29, 1.82) is 0 Å². The van der Waals surface area contributed by atoms with Crippen LogP contribution >= 0.6 is 0 Å². The van der Waals surface area contributed by atoms with Crippen molar-refractivity contribution in [3.05, 3.63) is 461 Å². The standard InChI is InChI=1S/C104H92F16Si4.4C5H5.2Zr/c1-13-17-53-121(5,6)57-77-69-37-21-61(22-38-69)65-29-45-73(46-30-65)81-89(105)97(113)85(98(114)90(81)106)86-101(117)93(109)83(94(110)102(86)118)75-49-33-67(34-50-75)63-25-41-71(42-26-63)79(59-123(9,10)55-19-15-3)80(60-124(11,12)56-20-16-4)72-43-27-64(28-44-72)68-35-51-76(52-36-68)84-95(111)103(119)88(104(120)96(84)112)87-99(115)91(107)82(92(108)100(87)116)74-47-31-66(32-48-74)62-23-39-70(40-24-62)78(77)58-122(7,8)54-18-14-2;4*1-2-4-5-3-1;;/h21-52H,13-20,53-56H2,1-12H3;4*1-5H;;/q-4;;;;;2*+4. The SMILES string of the molecule is CCCC[Si](C)(C)[C-]=C1C(=[C-][Si](C)(C)CCCC)c2ccc(cc2)-c2ccc(cc2)-c2c(F)c(F)c(c(F)c2F)-c2c(F)c(F)c(c(F)c2F)-c2ccc(cc2)-c2ccc(cc2)C(=[C-][Si](C)(C)CCCC)C(=[C-][Si](C)(C)CCCC)c2ccc(cc2)-c2ccc(cc2)-c2c(F)c(F)c(c(F)c2F)-c2c(F)c(F)c(c(F)c2F)-c2ccc(cc2)-c2ccc1cc2.[CH]1[CH][CH][CH][CH]1.[CH]1[CH][CH][CH][CH]1.[CH]1[CH][CH][CH][CH]1.[CH]1[CH][CH][CH][CH]1.[Zr+4].[Zr+4]. The van der Waals surface area contributed by atoms with Gasteiger partial charge in [-0.3, -0.25) is 45.1 Å². The Bertz CT molecular complexity index is 5610. The molecule has 0 unspecified atom stereocenters. The summed E-state index contributed by atoms with van der Waals surface area (Å²) in [7, 11) is -9.30. The molecular formula is C124H112F16Si4Zr2+4. The number of hydrogen-bond donors (Lipinski definition) is 0. The minimum Gasteiger partial charge on any atom is -0.297 e. The number of allylic oxidation sites excluding steroid dienone is 4.